The highest BCUT2D eigenvalue weighted by Crippen LogP contribution is 2.21. The van der Waals surface area contributed by atoms with E-state index in [0.29, 0.717) is 0 Å². The fourth-order valence-electron chi connectivity index (χ4n) is 1.35. The van der Waals surface area contributed by atoms with E-state index in [2.05, 4.69) is 26.0 Å². The van der Waals surface area contributed by atoms with Gasteiger partial charge >= 0.3 is 0 Å². The normalized spacial score (nSPS) is 37.8. The van der Waals surface area contributed by atoms with Crippen LogP contribution in [0, 0.1) is 11.8 Å². The highest BCUT2D eigenvalue weighted by molar-refractivity contribution is 4.92. The summed E-state index contributed by atoms with van der Waals surface area (Å²) in [5, 5.41) is 0. The highest BCUT2D eigenvalue weighted by atomic mass is 14.1. The van der Waals surface area contributed by atoms with E-state index in [1.807, 2.05) is 0 Å². The molecular weight excluding hydrogens is 96.1 g/mol. The van der Waals surface area contributed by atoms with E-state index in [1.165, 1.54) is 12.8 Å². The molecule has 0 unspecified atom stereocenters. The van der Waals surface area contributed by atoms with Crippen LogP contribution in [-0.2, 0) is 0 Å². The van der Waals surface area contributed by atoms with E-state index >= 15 is 0 Å². The van der Waals surface area contributed by atoms with Crippen LogP contribution in [-0.4, -0.2) is 0 Å². The van der Waals surface area contributed by atoms with Gasteiger partial charge in [0.15, 0.2) is 0 Å². The van der Waals surface area contributed by atoms with Crippen LogP contribution in [0.5, 0.6) is 0 Å². The summed E-state index contributed by atoms with van der Waals surface area (Å²) < 4.78 is 0. The second-order valence-corrected chi connectivity index (χ2v) is 2.98. The minimum atomic E-state index is 0.832. The fourth-order valence-corrected chi connectivity index (χ4v) is 1.35. The van der Waals surface area contributed by atoms with Gasteiger partial charge in [-0.3, -0.25) is 0 Å². The predicted octanol–water partition coefficient (Wildman–Crippen LogP) is 2.61. The zero-order valence-corrected chi connectivity index (χ0v) is 5.72. The molecule has 1 rings (SSSR count). The Morgan fingerprint density at radius 2 is 2.12 bits per heavy atom. The number of allylic oxidation sites excluding steroid dienone is 2. The molecule has 0 heteroatoms. The lowest BCUT2D eigenvalue weighted by atomic mass is 9.89. The molecule has 2 atom stereocenters. The van der Waals surface area contributed by atoms with E-state index in [9.17, 15) is 0 Å². The Bertz CT molecular complexity index is 92.2. The first-order chi connectivity index (χ1) is 3.79. The summed E-state index contributed by atoms with van der Waals surface area (Å²) >= 11 is 0. The smallest absolute Gasteiger partial charge is 0.0259 e. The van der Waals surface area contributed by atoms with Gasteiger partial charge in [-0.15, -0.1) is 0 Å². The van der Waals surface area contributed by atoms with Crippen molar-refractivity contribution < 1.29 is 0 Å². The summed E-state index contributed by atoms with van der Waals surface area (Å²) in [5.74, 6) is 1.76. The zero-order chi connectivity index (χ0) is 5.98. The van der Waals surface area contributed by atoms with Gasteiger partial charge in [-0.25, -0.2) is 0 Å². The van der Waals surface area contributed by atoms with Gasteiger partial charge in [0.05, 0.1) is 0 Å². The number of hydrogen-bond acceptors (Lipinski definition) is 0. The average molecular weight is 110 g/mol. The minimum absolute atomic E-state index is 0.832. The molecule has 0 heterocycles. The molecule has 0 amide bonds. The maximum Gasteiger partial charge on any atom is -0.0259 e. The minimum Gasteiger partial charge on any atom is -0.0880 e. The number of rotatable bonds is 0. The molecule has 0 nitrogen and oxygen atoms in total. The van der Waals surface area contributed by atoms with Gasteiger partial charge < -0.3 is 0 Å². The third kappa shape index (κ3) is 1.36. The SMILES string of the molecule is C[C@@H]1CC=C[C@@H](C)C1. The summed E-state index contributed by atoms with van der Waals surface area (Å²) in [6.07, 6.45) is 7.31. The summed E-state index contributed by atoms with van der Waals surface area (Å²) in [6, 6.07) is 0. The Kier molecular flexibility index (Phi) is 1.72. The third-order valence-electron chi connectivity index (χ3n) is 1.78. The molecule has 0 fully saturated rings. The molecule has 0 aromatic carbocycles. The van der Waals surface area contributed by atoms with Crippen LogP contribution in [0.3, 0.4) is 0 Å². The first-order valence-electron chi connectivity index (χ1n) is 3.45. The van der Waals surface area contributed by atoms with Crippen molar-refractivity contribution >= 4 is 0 Å². The van der Waals surface area contributed by atoms with E-state index < -0.39 is 0 Å². The molecule has 0 saturated heterocycles. The molecule has 0 N–H and O–H groups in total. The molecule has 0 radical (unpaired) electrons. The summed E-state index contributed by atoms with van der Waals surface area (Å²) in [6.45, 7) is 4.60. The van der Waals surface area contributed by atoms with Gasteiger partial charge in [-0.1, -0.05) is 26.0 Å². The Balaban J connectivity index is 2.42. The molecule has 8 heavy (non-hydrogen) atoms. The van der Waals surface area contributed by atoms with Crippen LogP contribution < -0.4 is 0 Å². The molecule has 46 valence electrons. The molecule has 0 bridgehead atoms. The molecule has 0 aromatic rings. The number of hydrogen-bond donors (Lipinski definition) is 0. The van der Waals surface area contributed by atoms with Gasteiger partial charge in [0, 0.05) is 0 Å². The molecule has 0 saturated carbocycles. The van der Waals surface area contributed by atoms with Crippen LogP contribution in [0.25, 0.3) is 0 Å². The Morgan fingerprint density at radius 3 is 2.50 bits per heavy atom. The van der Waals surface area contributed by atoms with Crippen molar-refractivity contribution in [3.63, 3.8) is 0 Å². The van der Waals surface area contributed by atoms with Crippen molar-refractivity contribution in [3.05, 3.63) is 12.2 Å². The summed E-state index contributed by atoms with van der Waals surface area (Å²) in [7, 11) is 0. The molecule has 0 aliphatic heterocycles. The molecule has 1 aliphatic rings. The molecule has 0 aromatic heterocycles. The highest BCUT2D eigenvalue weighted by Gasteiger charge is 2.08. The van der Waals surface area contributed by atoms with Gasteiger partial charge in [-0.2, -0.15) is 0 Å². The largest absolute Gasteiger partial charge is 0.0880 e. The second kappa shape index (κ2) is 2.34. The van der Waals surface area contributed by atoms with Crippen LogP contribution in [0.1, 0.15) is 26.7 Å². The van der Waals surface area contributed by atoms with Crippen LogP contribution in [0.2, 0.25) is 0 Å². The van der Waals surface area contributed by atoms with Gasteiger partial charge in [0.1, 0.15) is 0 Å². The molecule has 1 aliphatic carbocycles. The van der Waals surface area contributed by atoms with Crippen molar-refractivity contribution in [1.82, 2.24) is 0 Å². The van der Waals surface area contributed by atoms with Crippen LogP contribution in [0.4, 0.5) is 0 Å². The summed E-state index contributed by atoms with van der Waals surface area (Å²) in [4.78, 5) is 0. The third-order valence-corrected chi connectivity index (χ3v) is 1.78. The predicted molar refractivity (Wildman–Crippen MR) is 36.7 cm³/mol. The van der Waals surface area contributed by atoms with Crippen molar-refractivity contribution in [2.45, 2.75) is 26.7 Å². The first kappa shape index (κ1) is 5.87. The van der Waals surface area contributed by atoms with E-state index in [0.717, 1.165) is 11.8 Å². The van der Waals surface area contributed by atoms with E-state index in [1.54, 1.807) is 0 Å². The van der Waals surface area contributed by atoms with Crippen molar-refractivity contribution in [2.75, 3.05) is 0 Å². The van der Waals surface area contributed by atoms with E-state index in [-0.39, 0.29) is 0 Å². The van der Waals surface area contributed by atoms with Crippen molar-refractivity contribution in [3.8, 4) is 0 Å². The lowest BCUT2D eigenvalue weighted by Crippen LogP contribution is -2.04. The van der Waals surface area contributed by atoms with Crippen molar-refractivity contribution in [1.29, 1.82) is 0 Å². The van der Waals surface area contributed by atoms with Crippen molar-refractivity contribution in [2.24, 2.45) is 11.8 Å². The Morgan fingerprint density at radius 1 is 1.38 bits per heavy atom. The lowest BCUT2D eigenvalue weighted by Gasteiger charge is -2.16. The van der Waals surface area contributed by atoms with Gasteiger partial charge in [-0.05, 0) is 24.7 Å². The quantitative estimate of drug-likeness (QED) is 0.420. The standard InChI is InChI=1S/C8H14/c1-7-4-3-5-8(2)6-7/h3-4,7-8H,5-6H2,1-2H3/t7-,8-/m1/s1. The van der Waals surface area contributed by atoms with Crippen LogP contribution in [0.15, 0.2) is 12.2 Å². The Hall–Kier alpha value is -0.260. The van der Waals surface area contributed by atoms with Gasteiger partial charge in [0.25, 0.3) is 0 Å². The Labute approximate surface area is 51.6 Å². The topological polar surface area (TPSA) is 0 Å². The fraction of sp³-hybridized carbons (Fsp3) is 0.750. The maximum atomic E-state index is 2.32. The lowest BCUT2D eigenvalue weighted by molar-refractivity contribution is 0.449. The van der Waals surface area contributed by atoms with Crippen LogP contribution >= 0.6 is 0 Å². The zero-order valence-electron chi connectivity index (χ0n) is 5.72. The monoisotopic (exact) mass is 110 g/mol. The average Bonchev–Trinajstić information content (AvgIpc) is 1.64. The van der Waals surface area contributed by atoms with E-state index in [4.69, 9.17) is 0 Å². The second-order valence-electron chi connectivity index (χ2n) is 2.98. The molecule has 0 spiro atoms. The molecular formula is C8H14. The van der Waals surface area contributed by atoms with Gasteiger partial charge in [0.2, 0.25) is 0 Å². The summed E-state index contributed by atoms with van der Waals surface area (Å²) in [5.41, 5.74) is 0. The maximum absolute atomic E-state index is 2.32. The first-order valence-corrected chi connectivity index (χ1v) is 3.45.